The number of halogens is 1. The van der Waals surface area contributed by atoms with Gasteiger partial charge in [-0.1, -0.05) is 0 Å². The first-order valence-corrected chi connectivity index (χ1v) is 7.75. The summed E-state index contributed by atoms with van der Waals surface area (Å²) in [6.07, 6.45) is 3.79. The van der Waals surface area contributed by atoms with Crippen molar-refractivity contribution in [1.82, 2.24) is 14.9 Å². The number of nitrogens with one attached hydrogen (secondary N) is 1. The van der Waals surface area contributed by atoms with Gasteiger partial charge in [-0.2, -0.15) is 0 Å². The molecule has 19 heavy (non-hydrogen) atoms. The van der Waals surface area contributed by atoms with Crippen LogP contribution < -0.4 is 10.9 Å². The summed E-state index contributed by atoms with van der Waals surface area (Å²) in [5.74, 6) is 0.767. The van der Waals surface area contributed by atoms with Gasteiger partial charge in [0, 0.05) is 32.5 Å². The maximum absolute atomic E-state index is 11.9. The van der Waals surface area contributed by atoms with Crippen LogP contribution in [0, 0.1) is 10.5 Å². The molecule has 0 fully saturated rings. The molecule has 1 rings (SSSR count). The summed E-state index contributed by atoms with van der Waals surface area (Å²) in [6, 6.07) is 0. The molecule has 0 atom stereocenters. The van der Waals surface area contributed by atoms with E-state index in [2.05, 4.69) is 10.3 Å². The average Bonchev–Trinajstić information content (AvgIpc) is 2.40. The minimum absolute atomic E-state index is 0.0474. The zero-order valence-electron chi connectivity index (χ0n) is 11.6. The summed E-state index contributed by atoms with van der Waals surface area (Å²) in [6.45, 7) is 7.90. The molecular formula is C13H22IN3O2. The molecule has 0 unspecified atom stereocenters. The van der Waals surface area contributed by atoms with Gasteiger partial charge in [0.2, 0.25) is 0 Å². The van der Waals surface area contributed by atoms with E-state index >= 15 is 0 Å². The van der Waals surface area contributed by atoms with Crippen molar-refractivity contribution in [3.05, 3.63) is 25.9 Å². The van der Waals surface area contributed by atoms with E-state index in [1.807, 2.05) is 36.4 Å². The molecular weight excluding hydrogens is 357 g/mol. The lowest BCUT2D eigenvalue weighted by atomic mass is 10.3. The number of hydrogen-bond acceptors (Lipinski definition) is 4. The van der Waals surface area contributed by atoms with Gasteiger partial charge >= 0.3 is 0 Å². The second-order valence-electron chi connectivity index (χ2n) is 4.26. The molecule has 1 heterocycles. The van der Waals surface area contributed by atoms with E-state index in [1.165, 1.54) is 0 Å². The van der Waals surface area contributed by atoms with Gasteiger partial charge in [-0.05, 0) is 55.8 Å². The molecule has 0 bridgehead atoms. The fourth-order valence-electron chi connectivity index (χ4n) is 1.73. The van der Waals surface area contributed by atoms with E-state index in [9.17, 15) is 4.79 Å². The third kappa shape index (κ3) is 6.01. The monoisotopic (exact) mass is 379 g/mol. The van der Waals surface area contributed by atoms with Gasteiger partial charge in [0.15, 0.2) is 0 Å². The second kappa shape index (κ2) is 9.44. The lowest BCUT2D eigenvalue weighted by molar-refractivity contribution is 0.143. The highest BCUT2D eigenvalue weighted by Gasteiger charge is 2.04. The maximum Gasteiger partial charge on any atom is 0.266 e. The Morgan fingerprint density at radius 3 is 2.95 bits per heavy atom. The predicted molar refractivity (Wildman–Crippen MR) is 84.5 cm³/mol. The van der Waals surface area contributed by atoms with E-state index in [1.54, 1.807) is 10.8 Å². The quantitative estimate of drug-likeness (QED) is 0.523. The van der Waals surface area contributed by atoms with Crippen molar-refractivity contribution in [1.29, 1.82) is 0 Å². The van der Waals surface area contributed by atoms with Crippen LogP contribution in [0.4, 0.5) is 0 Å². The Morgan fingerprint density at radius 1 is 1.42 bits per heavy atom. The topological polar surface area (TPSA) is 56.1 Å². The Balaban J connectivity index is 2.23. The zero-order valence-corrected chi connectivity index (χ0v) is 13.8. The molecule has 0 saturated carbocycles. The second-order valence-corrected chi connectivity index (χ2v) is 5.43. The smallest absolute Gasteiger partial charge is 0.266 e. The molecule has 0 saturated heterocycles. The van der Waals surface area contributed by atoms with Crippen LogP contribution in [-0.4, -0.2) is 35.9 Å². The maximum atomic E-state index is 11.9. The van der Waals surface area contributed by atoms with Gasteiger partial charge in [0.1, 0.15) is 5.82 Å². The molecule has 5 nitrogen and oxygen atoms in total. The van der Waals surface area contributed by atoms with Gasteiger partial charge in [-0.25, -0.2) is 4.98 Å². The highest BCUT2D eigenvalue weighted by Crippen LogP contribution is 1.97. The molecule has 0 spiro atoms. The summed E-state index contributed by atoms with van der Waals surface area (Å²) in [5.41, 5.74) is 0.0474. The SMILES string of the molecule is CCOCCCCNCCn1c(C)ncc(I)c1=O. The van der Waals surface area contributed by atoms with Crippen LogP contribution in [0.1, 0.15) is 25.6 Å². The third-order valence-electron chi connectivity index (χ3n) is 2.81. The summed E-state index contributed by atoms with van der Waals surface area (Å²) in [4.78, 5) is 16.1. The first-order chi connectivity index (χ1) is 9.16. The Bertz CT molecular complexity index is 434. The molecule has 0 radical (unpaired) electrons. The van der Waals surface area contributed by atoms with Crippen LogP contribution >= 0.6 is 22.6 Å². The number of aryl methyl sites for hydroxylation is 1. The predicted octanol–water partition coefficient (Wildman–Crippen LogP) is 1.56. The largest absolute Gasteiger partial charge is 0.382 e. The molecule has 0 amide bonds. The van der Waals surface area contributed by atoms with Crippen LogP contribution in [0.15, 0.2) is 11.0 Å². The highest BCUT2D eigenvalue weighted by molar-refractivity contribution is 14.1. The van der Waals surface area contributed by atoms with Crippen LogP contribution in [0.25, 0.3) is 0 Å². The summed E-state index contributed by atoms with van der Waals surface area (Å²) in [7, 11) is 0. The van der Waals surface area contributed by atoms with E-state index in [4.69, 9.17) is 4.74 Å². The van der Waals surface area contributed by atoms with E-state index in [0.29, 0.717) is 10.1 Å². The number of nitrogens with zero attached hydrogens (tertiary/aromatic N) is 2. The lowest BCUT2D eigenvalue weighted by Gasteiger charge is -2.10. The normalized spacial score (nSPS) is 10.9. The molecule has 6 heteroatoms. The Kier molecular flexibility index (Phi) is 8.24. The van der Waals surface area contributed by atoms with Gasteiger partial charge < -0.3 is 10.1 Å². The van der Waals surface area contributed by atoms with E-state index in [-0.39, 0.29) is 5.56 Å². The average molecular weight is 379 g/mol. The molecule has 0 aliphatic rings. The molecule has 1 N–H and O–H groups in total. The molecule has 0 aliphatic heterocycles. The Labute approximate surface area is 127 Å². The highest BCUT2D eigenvalue weighted by atomic mass is 127. The van der Waals surface area contributed by atoms with Gasteiger partial charge in [-0.3, -0.25) is 9.36 Å². The number of ether oxygens (including phenoxy) is 1. The van der Waals surface area contributed by atoms with Crippen molar-refractivity contribution >= 4 is 22.6 Å². The molecule has 108 valence electrons. The third-order valence-corrected chi connectivity index (χ3v) is 3.55. The van der Waals surface area contributed by atoms with Crippen LogP contribution in [-0.2, 0) is 11.3 Å². The number of hydrogen-bond donors (Lipinski definition) is 1. The van der Waals surface area contributed by atoms with Gasteiger partial charge in [0.25, 0.3) is 5.56 Å². The van der Waals surface area contributed by atoms with Crippen LogP contribution in [0.2, 0.25) is 0 Å². The minimum atomic E-state index is 0.0474. The van der Waals surface area contributed by atoms with Gasteiger partial charge in [-0.15, -0.1) is 0 Å². The molecule has 0 aliphatic carbocycles. The van der Waals surface area contributed by atoms with E-state index in [0.717, 1.165) is 45.0 Å². The molecule has 0 aromatic carbocycles. The Hall–Kier alpha value is -0.470. The lowest BCUT2D eigenvalue weighted by Crippen LogP contribution is -2.31. The minimum Gasteiger partial charge on any atom is -0.382 e. The summed E-state index contributed by atoms with van der Waals surface area (Å²) < 4.78 is 7.66. The number of unbranched alkanes of at least 4 members (excludes halogenated alkanes) is 1. The van der Waals surface area contributed by atoms with Crippen molar-refractivity contribution in [2.24, 2.45) is 0 Å². The summed E-state index contributed by atoms with van der Waals surface area (Å²) >= 11 is 2.02. The fourth-order valence-corrected chi connectivity index (χ4v) is 2.16. The van der Waals surface area contributed by atoms with Crippen LogP contribution in [0.3, 0.4) is 0 Å². The van der Waals surface area contributed by atoms with Crippen molar-refractivity contribution < 1.29 is 4.74 Å². The zero-order chi connectivity index (χ0) is 14.1. The summed E-state index contributed by atoms with van der Waals surface area (Å²) in [5, 5.41) is 3.34. The standard InChI is InChI=1S/C13H22IN3O2/c1-3-19-9-5-4-6-15-7-8-17-11(2)16-10-12(14)13(17)18/h10,15H,3-9H2,1-2H3. The van der Waals surface area contributed by atoms with E-state index < -0.39 is 0 Å². The fraction of sp³-hybridized carbons (Fsp3) is 0.692. The van der Waals surface area contributed by atoms with Crippen molar-refractivity contribution in [3.8, 4) is 0 Å². The van der Waals surface area contributed by atoms with Crippen molar-refractivity contribution in [3.63, 3.8) is 0 Å². The van der Waals surface area contributed by atoms with Crippen molar-refractivity contribution in [2.45, 2.75) is 33.2 Å². The van der Waals surface area contributed by atoms with Crippen LogP contribution in [0.5, 0.6) is 0 Å². The number of aromatic nitrogens is 2. The first-order valence-electron chi connectivity index (χ1n) is 6.67. The number of rotatable bonds is 9. The van der Waals surface area contributed by atoms with Crippen molar-refractivity contribution in [2.75, 3.05) is 26.3 Å². The molecule has 1 aromatic heterocycles. The molecule has 1 aromatic rings. The van der Waals surface area contributed by atoms with Gasteiger partial charge in [0.05, 0.1) is 3.57 Å². The Morgan fingerprint density at radius 2 is 2.21 bits per heavy atom. The first kappa shape index (κ1) is 16.6.